The van der Waals surface area contributed by atoms with Crippen LogP contribution in [0.1, 0.15) is 12.8 Å². The van der Waals surface area contributed by atoms with Crippen molar-refractivity contribution in [3.8, 4) is 0 Å². The smallest absolute Gasteiger partial charge is 0.237 e. The molecule has 0 aromatic rings. The standard InChI is InChI=1S/C11H22N2O4/c1-15-4-2-3-10(12)11(14)13-7-9-8-16-5-6-17-9/h9-10H,2-8,12H2,1H3,(H,13,14). The molecule has 0 aromatic carbocycles. The third kappa shape index (κ3) is 5.97. The lowest BCUT2D eigenvalue weighted by Gasteiger charge is -2.23. The van der Waals surface area contributed by atoms with E-state index >= 15 is 0 Å². The first kappa shape index (κ1) is 14.4. The van der Waals surface area contributed by atoms with Gasteiger partial charge in [-0.1, -0.05) is 0 Å². The highest BCUT2D eigenvalue weighted by Crippen LogP contribution is 2.00. The largest absolute Gasteiger partial charge is 0.385 e. The molecule has 1 aliphatic heterocycles. The average molecular weight is 246 g/mol. The molecule has 0 radical (unpaired) electrons. The summed E-state index contributed by atoms with van der Waals surface area (Å²) in [4.78, 5) is 11.6. The predicted molar refractivity (Wildman–Crippen MR) is 62.7 cm³/mol. The van der Waals surface area contributed by atoms with Crippen LogP contribution in [-0.4, -0.2) is 58.1 Å². The Bertz CT molecular complexity index is 220. The summed E-state index contributed by atoms with van der Waals surface area (Å²) in [5.74, 6) is -0.143. The van der Waals surface area contributed by atoms with E-state index < -0.39 is 6.04 Å². The highest BCUT2D eigenvalue weighted by molar-refractivity contribution is 5.81. The summed E-state index contributed by atoms with van der Waals surface area (Å²) < 4.78 is 15.5. The number of carbonyl (C=O) groups is 1. The van der Waals surface area contributed by atoms with Crippen LogP contribution in [0.2, 0.25) is 0 Å². The zero-order valence-corrected chi connectivity index (χ0v) is 10.3. The number of rotatable bonds is 7. The third-order valence-electron chi connectivity index (χ3n) is 2.59. The molecule has 17 heavy (non-hydrogen) atoms. The van der Waals surface area contributed by atoms with Crippen LogP contribution in [-0.2, 0) is 19.0 Å². The van der Waals surface area contributed by atoms with Gasteiger partial charge in [-0.2, -0.15) is 0 Å². The SMILES string of the molecule is COCCCC(N)C(=O)NCC1COCCO1. The number of nitrogens with two attached hydrogens (primary N) is 1. The van der Waals surface area contributed by atoms with Crippen LogP contribution in [0.15, 0.2) is 0 Å². The second-order valence-corrected chi connectivity index (χ2v) is 4.05. The van der Waals surface area contributed by atoms with Gasteiger partial charge in [-0.25, -0.2) is 0 Å². The number of amides is 1. The Morgan fingerprint density at radius 1 is 1.59 bits per heavy atom. The van der Waals surface area contributed by atoms with Crippen LogP contribution in [0.4, 0.5) is 0 Å². The van der Waals surface area contributed by atoms with Gasteiger partial charge in [0.15, 0.2) is 0 Å². The van der Waals surface area contributed by atoms with Crippen LogP contribution in [0.5, 0.6) is 0 Å². The highest BCUT2D eigenvalue weighted by atomic mass is 16.6. The van der Waals surface area contributed by atoms with Gasteiger partial charge in [0.1, 0.15) is 0 Å². The van der Waals surface area contributed by atoms with E-state index in [4.69, 9.17) is 19.9 Å². The Hall–Kier alpha value is -0.690. The van der Waals surface area contributed by atoms with Gasteiger partial charge in [-0.3, -0.25) is 4.79 Å². The zero-order valence-electron chi connectivity index (χ0n) is 10.3. The van der Waals surface area contributed by atoms with E-state index in [1.54, 1.807) is 7.11 Å². The molecule has 6 nitrogen and oxygen atoms in total. The topological polar surface area (TPSA) is 82.8 Å². The van der Waals surface area contributed by atoms with E-state index in [0.29, 0.717) is 39.4 Å². The molecule has 0 aliphatic carbocycles. The third-order valence-corrected chi connectivity index (χ3v) is 2.59. The summed E-state index contributed by atoms with van der Waals surface area (Å²) in [6.07, 6.45) is 1.36. The van der Waals surface area contributed by atoms with Crippen molar-refractivity contribution < 1.29 is 19.0 Å². The fraction of sp³-hybridized carbons (Fsp3) is 0.909. The number of carbonyl (C=O) groups excluding carboxylic acids is 1. The molecule has 1 saturated heterocycles. The van der Waals surface area contributed by atoms with E-state index in [1.807, 2.05) is 0 Å². The average Bonchev–Trinajstić information content (AvgIpc) is 2.37. The Kier molecular flexibility index (Phi) is 7.11. The van der Waals surface area contributed by atoms with Crippen molar-refractivity contribution in [1.29, 1.82) is 0 Å². The second kappa shape index (κ2) is 8.41. The Morgan fingerprint density at radius 2 is 2.41 bits per heavy atom. The molecule has 1 aliphatic rings. The van der Waals surface area contributed by atoms with Crippen molar-refractivity contribution in [2.45, 2.75) is 25.0 Å². The highest BCUT2D eigenvalue weighted by Gasteiger charge is 2.17. The second-order valence-electron chi connectivity index (χ2n) is 4.05. The molecule has 0 bridgehead atoms. The van der Waals surface area contributed by atoms with Gasteiger partial charge in [0, 0.05) is 20.3 Å². The molecule has 1 fully saturated rings. The lowest BCUT2D eigenvalue weighted by molar-refractivity contribution is -0.125. The molecule has 1 amide bonds. The van der Waals surface area contributed by atoms with Gasteiger partial charge in [0.25, 0.3) is 0 Å². The summed E-state index contributed by atoms with van der Waals surface area (Å²) >= 11 is 0. The van der Waals surface area contributed by atoms with E-state index in [9.17, 15) is 4.79 Å². The van der Waals surface area contributed by atoms with Crippen molar-refractivity contribution in [2.24, 2.45) is 5.73 Å². The Balaban J connectivity index is 2.10. The minimum Gasteiger partial charge on any atom is -0.385 e. The summed E-state index contributed by atoms with van der Waals surface area (Å²) in [6.45, 7) is 2.82. The molecule has 0 spiro atoms. The molecular formula is C11H22N2O4. The quantitative estimate of drug-likeness (QED) is 0.579. The van der Waals surface area contributed by atoms with Gasteiger partial charge in [0.05, 0.1) is 32.0 Å². The first-order valence-corrected chi connectivity index (χ1v) is 5.95. The minimum atomic E-state index is -0.477. The zero-order chi connectivity index (χ0) is 12.5. The molecule has 0 aromatic heterocycles. The minimum absolute atomic E-state index is 0.0566. The van der Waals surface area contributed by atoms with Gasteiger partial charge in [-0.05, 0) is 12.8 Å². The van der Waals surface area contributed by atoms with Crippen molar-refractivity contribution in [3.05, 3.63) is 0 Å². The molecule has 6 heteroatoms. The number of ether oxygens (including phenoxy) is 3. The number of hydrogen-bond acceptors (Lipinski definition) is 5. The van der Waals surface area contributed by atoms with E-state index in [1.165, 1.54) is 0 Å². The summed E-state index contributed by atoms with van der Waals surface area (Å²) in [5, 5.41) is 2.77. The van der Waals surface area contributed by atoms with Crippen LogP contribution in [0.25, 0.3) is 0 Å². The van der Waals surface area contributed by atoms with Crippen LogP contribution in [0.3, 0.4) is 0 Å². The van der Waals surface area contributed by atoms with E-state index in [2.05, 4.69) is 5.32 Å². The molecule has 1 rings (SSSR count). The number of methoxy groups -OCH3 is 1. The molecule has 1 heterocycles. The van der Waals surface area contributed by atoms with Gasteiger partial charge in [0.2, 0.25) is 5.91 Å². The molecule has 3 N–H and O–H groups in total. The normalized spacial score (nSPS) is 22.1. The first-order chi connectivity index (χ1) is 8.24. The lowest BCUT2D eigenvalue weighted by Crippen LogP contribution is -2.46. The number of hydrogen-bond donors (Lipinski definition) is 2. The fourth-order valence-corrected chi connectivity index (χ4v) is 1.58. The van der Waals surface area contributed by atoms with Crippen molar-refractivity contribution in [2.75, 3.05) is 40.1 Å². The molecule has 100 valence electrons. The Labute approximate surface area is 102 Å². The molecule has 2 atom stereocenters. The van der Waals surface area contributed by atoms with Gasteiger partial charge < -0.3 is 25.3 Å². The van der Waals surface area contributed by atoms with Crippen molar-refractivity contribution in [1.82, 2.24) is 5.32 Å². The monoisotopic (exact) mass is 246 g/mol. The molecule has 2 unspecified atom stereocenters. The van der Waals surface area contributed by atoms with Crippen LogP contribution in [0, 0.1) is 0 Å². The predicted octanol–water partition coefficient (Wildman–Crippen LogP) is -0.728. The maximum Gasteiger partial charge on any atom is 0.237 e. The van der Waals surface area contributed by atoms with Crippen molar-refractivity contribution >= 4 is 5.91 Å². The first-order valence-electron chi connectivity index (χ1n) is 5.95. The fourth-order valence-electron chi connectivity index (χ4n) is 1.58. The summed E-state index contributed by atoms with van der Waals surface area (Å²) in [5.41, 5.74) is 5.73. The molecular weight excluding hydrogens is 224 g/mol. The lowest BCUT2D eigenvalue weighted by atomic mass is 10.1. The van der Waals surface area contributed by atoms with Crippen LogP contribution >= 0.6 is 0 Å². The maximum atomic E-state index is 11.6. The van der Waals surface area contributed by atoms with Gasteiger partial charge in [-0.15, -0.1) is 0 Å². The van der Waals surface area contributed by atoms with E-state index in [0.717, 1.165) is 6.42 Å². The molecule has 0 saturated carbocycles. The van der Waals surface area contributed by atoms with Gasteiger partial charge >= 0.3 is 0 Å². The Morgan fingerprint density at radius 3 is 3.06 bits per heavy atom. The van der Waals surface area contributed by atoms with E-state index in [-0.39, 0.29) is 12.0 Å². The summed E-state index contributed by atoms with van der Waals surface area (Å²) in [7, 11) is 1.63. The maximum absolute atomic E-state index is 11.6. The summed E-state index contributed by atoms with van der Waals surface area (Å²) in [6, 6.07) is -0.477. The number of nitrogens with one attached hydrogen (secondary N) is 1. The van der Waals surface area contributed by atoms with Crippen LogP contribution < -0.4 is 11.1 Å². The van der Waals surface area contributed by atoms with Crippen molar-refractivity contribution in [3.63, 3.8) is 0 Å².